The van der Waals surface area contributed by atoms with Crippen LogP contribution in [0.3, 0.4) is 0 Å². The SMILES string of the molecule is COc1ccc(C#N)c(N(C=O)c2cc(OC)ccc2C#N)c1. The second-order valence-corrected chi connectivity index (χ2v) is 4.47. The van der Waals surface area contributed by atoms with E-state index in [0.717, 1.165) is 0 Å². The van der Waals surface area contributed by atoms with Crippen molar-refractivity contribution in [3.63, 3.8) is 0 Å². The zero-order valence-corrected chi connectivity index (χ0v) is 12.6. The summed E-state index contributed by atoms with van der Waals surface area (Å²) in [5.74, 6) is 0.986. The third-order valence-corrected chi connectivity index (χ3v) is 3.28. The van der Waals surface area contributed by atoms with Gasteiger partial charge in [0.1, 0.15) is 23.6 Å². The monoisotopic (exact) mass is 307 g/mol. The third kappa shape index (κ3) is 3.07. The molecule has 0 atom stereocenters. The van der Waals surface area contributed by atoms with Crippen LogP contribution >= 0.6 is 0 Å². The molecule has 0 fully saturated rings. The van der Waals surface area contributed by atoms with Crippen molar-refractivity contribution in [3.8, 4) is 23.6 Å². The number of hydrogen-bond donors (Lipinski definition) is 0. The van der Waals surface area contributed by atoms with Crippen LogP contribution in [0.15, 0.2) is 36.4 Å². The van der Waals surface area contributed by atoms with Gasteiger partial charge in [-0.15, -0.1) is 0 Å². The average Bonchev–Trinajstić information content (AvgIpc) is 2.62. The van der Waals surface area contributed by atoms with Crippen molar-refractivity contribution in [3.05, 3.63) is 47.5 Å². The summed E-state index contributed by atoms with van der Waals surface area (Å²) < 4.78 is 10.3. The van der Waals surface area contributed by atoms with E-state index in [2.05, 4.69) is 0 Å². The normalized spacial score (nSPS) is 9.39. The number of nitriles is 2. The molecule has 23 heavy (non-hydrogen) atoms. The number of carbonyl (C=O) groups is 1. The van der Waals surface area contributed by atoms with Crippen molar-refractivity contribution in [1.29, 1.82) is 10.5 Å². The molecule has 0 radical (unpaired) electrons. The molecule has 0 saturated carbocycles. The van der Waals surface area contributed by atoms with E-state index in [4.69, 9.17) is 9.47 Å². The van der Waals surface area contributed by atoms with E-state index < -0.39 is 0 Å². The van der Waals surface area contributed by atoms with Gasteiger partial charge in [0.2, 0.25) is 6.41 Å². The fourth-order valence-electron chi connectivity index (χ4n) is 2.11. The lowest BCUT2D eigenvalue weighted by molar-refractivity contribution is -0.106. The molecule has 2 aromatic carbocycles. The maximum absolute atomic E-state index is 11.7. The van der Waals surface area contributed by atoms with Gasteiger partial charge in [-0.05, 0) is 24.3 Å². The van der Waals surface area contributed by atoms with E-state index in [1.54, 1.807) is 36.4 Å². The summed E-state index contributed by atoms with van der Waals surface area (Å²) in [6, 6.07) is 13.5. The van der Waals surface area contributed by atoms with Crippen LogP contribution in [0.4, 0.5) is 11.4 Å². The topological polar surface area (TPSA) is 86.3 Å². The zero-order valence-electron chi connectivity index (χ0n) is 12.6. The highest BCUT2D eigenvalue weighted by Crippen LogP contribution is 2.34. The van der Waals surface area contributed by atoms with Gasteiger partial charge in [0.25, 0.3) is 0 Å². The Morgan fingerprint density at radius 3 is 1.65 bits per heavy atom. The molecule has 6 nitrogen and oxygen atoms in total. The van der Waals surface area contributed by atoms with Crippen molar-refractivity contribution in [1.82, 2.24) is 0 Å². The molecule has 2 rings (SSSR count). The molecular weight excluding hydrogens is 294 g/mol. The van der Waals surface area contributed by atoms with Gasteiger partial charge < -0.3 is 9.47 Å². The van der Waals surface area contributed by atoms with E-state index in [1.165, 1.54) is 19.1 Å². The number of benzene rings is 2. The van der Waals surface area contributed by atoms with Crippen molar-refractivity contribution < 1.29 is 14.3 Å². The fourth-order valence-corrected chi connectivity index (χ4v) is 2.11. The van der Waals surface area contributed by atoms with E-state index in [-0.39, 0.29) is 11.1 Å². The van der Waals surface area contributed by atoms with Gasteiger partial charge in [-0.2, -0.15) is 10.5 Å². The van der Waals surface area contributed by atoms with Gasteiger partial charge in [-0.1, -0.05) is 0 Å². The Hall–Kier alpha value is -3.51. The minimum atomic E-state index is 0.282. The molecule has 0 aliphatic heterocycles. The van der Waals surface area contributed by atoms with Gasteiger partial charge in [-0.25, -0.2) is 0 Å². The number of anilines is 2. The summed E-state index contributed by atoms with van der Waals surface area (Å²) in [5.41, 5.74) is 1.22. The number of rotatable bonds is 5. The number of amides is 1. The van der Waals surface area contributed by atoms with E-state index in [9.17, 15) is 15.3 Å². The Kier molecular flexibility index (Phi) is 4.81. The molecule has 1 amide bonds. The molecule has 0 saturated heterocycles. The van der Waals surface area contributed by atoms with E-state index >= 15 is 0 Å². The maximum Gasteiger partial charge on any atom is 0.218 e. The molecular formula is C17H13N3O3. The van der Waals surface area contributed by atoms with Gasteiger partial charge in [0.15, 0.2) is 0 Å². The molecule has 114 valence electrons. The quantitative estimate of drug-likeness (QED) is 0.793. The third-order valence-electron chi connectivity index (χ3n) is 3.28. The molecule has 0 N–H and O–H groups in total. The highest BCUT2D eigenvalue weighted by molar-refractivity contribution is 5.91. The lowest BCUT2D eigenvalue weighted by Gasteiger charge is -2.21. The fraction of sp³-hybridized carbons (Fsp3) is 0.118. The zero-order chi connectivity index (χ0) is 16.8. The van der Waals surface area contributed by atoms with E-state index in [0.29, 0.717) is 29.3 Å². The second kappa shape index (κ2) is 6.97. The smallest absolute Gasteiger partial charge is 0.218 e. The van der Waals surface area contributed by atoms with Crippen LogP contribution < -0.4 is 14.4 Å². The van der Waals surface area contributed by atoms with Crippen LogP contribution in [0.1, 0.15) is 11.1 Å². The molecule has 0 bridgehead atoms. The highest BCUT2D eigenvalue weighted by Gasteiger charge is 2.18. The second-order valence-electron chi connectivity index (χ2n) is 4.47. The van der Waals surface area contributed by atoms with Crippen LogP contribution in [0.2, 0.25) is 0 Å². The Labute approximate surface area is 133 Å². The Morgan fingerprint density at radius 2 is 1.35 bits per heavy atom. The standard InChI is InChI=1S/C17H13N3O3/c1-22-14-5-3-12(9-18)16(7-14)20(11-21)17-8-15(23-2)6-4-13(17)10-19/h3-8,11H,1-2H3. The largest absolute Gasteiger partial charge is 0.497 e. The molecule has 0 unspecified atom stereocenters. The van der Waals surface area contributed by atoms with Crippen LogP contribution in [-0.2, 0) is 4.79 Å². The number of methoxy groups -OCH3 is 2. The molecule has 2 aromatic rings. The van der Waals surface area contributed by atoms with Crippen molar-refractivity contribution in [2.75, 3.05) is 19.1 Å². The first-order valence-electron chi connectivity index (χ1n) is 6.59. The first-order chi connectivity index (χ1) is 11.2. The number of carbonyl (C=O) groups excluding carboxylic acids is 1. The number of hydrogen-bond acceptors (Lipinski definition) is 5. The summed E-state index contributed by atoms with van der Waals surface area (Å²) in [6.07, 6.45) is 0.547. The summed E-state index contributed by atoms with van der Waals surface area (Å²) in [6.45, 7) is 0. The summed E-state index contributed by atoms with van der Waals surface area (Å²) in [5, 5.41) is 18.6. The predicted octanol–water partition coefficient (Wildman–Crippen LogP) is 2.74. The number of ether oxygens (including phenoxy) is 2. The molecule has 0 heterocycles. The minimum absolute atomic E-state index is 0.282. The Bertz CT molecular complexity index is 753. The lowest BCUT2D eigenvalue weighted by atomic mass is 10.1. The minimum Gasteiger partial charge on any atom is -0.497 e. The predicted molar refractivity (Wildman–Crippen MR) is 83.6 cm³/mol. The van der Waals surface area contributed by atoms with Crippen molar-refractivity contribution >= 4 is 17.8 Å². The maximum atomic E-state index is 11.7. The van der Waals surface area contributed by atoms with Crippen LogP contribution in [0.5, 0.6) is 11.5 Å². The van der Waals surface area contributed by atoms with Gasteiger partial charge in [-0.3, -0.25) is 9.69 Å². The summed E-state index contributed by atoms with van der Waals surface area (Å²) in [4.78, 5) is 12.9. The Balaban J connectivity index is 2.68. The van der Waals surface area contributed by atoms with Crippen molar-refractivity contribution in [2.45, 2.75) is 0 Å². The van der Waals surface area contributed by atoms with Crippen molar-refractivity contribution in [2.24, 2.45) is 0 Å². The first-order valence-corrected chi connectivity index (χ1v) is 6.59. The Morgan fingerprint density at radius 1 is 0.913 bits per heavy atom. The van der Waals surface area contributed by atoms with Gasteiger partial charge in [0, 0.05) is 12.1 Å². The molecule has 6 heteroatoms. The molecule has 0 aliphatic carbocycles. The van der Waals surface area contributed by atoms with Crippen LogP contribution in [-0.4, -0.2) is 20.6 Å². The molecule has 0 aromatic heterocycles. The lowest BCUT2D eigenvalue weighted by Crippen LogP contribution is -2.17. The van der Waals surface area contributed by atoms with Gasteiger partial charge >= 0.3 is 0 Å². The summed E-state index contributed by atoms with van der Waals surface area (Å²) >= 11 is 0. The van der Waals surface area contributed by atoms with Crippen LogP contribution in [0, 0.1) is 22.7 Å². The van der Waals surface area contributed by atoms with Crippen LogP contribution in [0.25, 0.3) is 0 Å². The van der Waals surface area contributed by atoms with Gasteiger partial charge in [0.05, 0.1) is 36.7 Å². The average molecular weight is 307 g/mol. The summed E-state index contributed by atoms with van der Waals surface area (Å²) in [7, 11) is 2.98. The molecule has 0 spiro atoms. The number of nitrogens with zero attached hydrogens (tertiary/aromatic N) is 3. The first kappa shape index (κ1) is 15.9. The van der Waals surface area contributed by atoms with E-state index in [1.807, 2.05) is 12.1 Å². The molecule has 0 aliphatic rings. The highest BCUT2D eigenvalue weighted by atomic mass is 16.5.